The van der Waals surface area contributed by atoms with Crippen molar-refractivity contribution in [3.05, 3.63) is 29.8 Å². The molecule has 1 aliphatic heterocycles. The monoisotopic (exact) mass is 291 g/mol. The molecule has 1 fully saturated rings. The van der Waals surface area contributed by atoms with Crippen molar-refractivity contribution in [2.24, 2.45) is 5.73 Å². The quantitative estimate of drug-likeness (QED) is 0.736. The number of likely N-dealkylation sites (N-methyl/N-ethyl adjacent to an activating group) is 1. The number of rotatable bonds is 4. The number of carbonyl (C=O) groups is 3. The van der Waals surface area contributed by atoms with Crippen molar-refractivity contribution in [1.29, 1.82) is 0 Å². The highest BCUT2D eigenvalue weighted by molar-refractivity contribution is 6.40. The normalized spacial score (nSPS) is 17.0. The van der Waals surface area contributed by atoms with Gasteiger partial charge in [0.1, 0.15) is 0 Å². The van der Waals surface area contributed by atoms with Crippen LogP contribution in [0.2, 0.25) is 0 Å². The van der Waals surface area contributed by atoms with E-state index in [9.17, 15) is 14.4 Å². The lowest BCUT2D eigenvalue weighted by atomic mass is 9.98. The van der Waals surface area contributed by atoms with E-state index < -0.39 is 23.7 Å². The molecule has 0 bridgehead atoms. The summed E-state index contributed by atoms with van der Waals surface area (Å²) in [5.41, 5.74) is 6.51. The van der Waals surface area contributed by atoms with Crippen LogP contribution in [-0.2, 0) is 14.4 Å². The van der Waals surface area contributed by atoms with Gasteiger partial charge in [-0.25, -0.2) is 0 Å². The van der Waals surface area contributed by atoms with Gasteiger partial charge in [-0.15, -0.1) is 0 Å². The smallest absolute Gasteiger partial charge is 0.316 e. The third kappa shape index (κ3) is 2.87. The molecule has 7 heteroatoms. The predicted octanol–water partition coefficient (Wildman–Crippen LogP) is -0.381. The molecule has 0 aromatic heterocycles. The molecule has 0 spiro atoms. The predicted molar refractivity (Wildman–Crippen MR) is 75.9 cm³/mol. The summed E-state index contributed by atoms with van der Waals surface area (Å²) in [6.45, 7) is 0.785. The number of benzene rings is 1. The van der Waals surface area contributed by atoms with E-state index >= 15 is 0 Å². The highest BCUT2D eigenvalue weighted by Crippen LogP contribution is 2.23. The third-order valence-corrected chi connectivity index (χ3v) is 3.55. The number of carboxylic acids is 1. The molecule has 0 saturated carbocycles. The number of amides is 2. The van der Waals surface area contributed by atoms with Crippen molar-refractivity contribution >= 4 is 23.5 Å². The van der Waals surface area contributed by atoms with Crippen molar-refractivity contribution in [3.8, 4) is 0 Å². The second kappa shape index (κ2) is 5.92. The van der Waals surface area contributed by atoms with Crippen molar-refractivity contribution in [3.63, 3.8) is 0 Å². The van der Waals surface area contributed by atoms with Crippen LogP contribution in [0, 0.1) is 0 Å². The molecule has 112 valence electrons. The van der Waals surface area contributed by atoms with Crippen molar-refractivity contribution in [2.45, 2.75) is 5.92 Å². The molecular formula is C14H17N3O4. The Labute approximate surface area is 121 Å². The van der Waals surface area contributed by atoms with E-state index in [4.69, 9.17) is 10.8 Å². The van der Waals surface area contributed by atoms with Crippen LogP contribution in [0.25, 0.3) is 0 Å². The van der Waals surface area contributed by atoms with Gasteiger partial charge in [0.2, 0.25) is 0 Å². The number of anilines is 1. The minimum Gasteiger partial charge on any atom is -0.481 e. The number of hydrogen-bond donors (Lipinski definition) is 2. The average molecular weight is 291 g/mol. The topological polar surface area (TPSA) is 104 Å². The summed E-state index contributed by atoms with van der Waals surface area (Å²) in [5.74, 6) is -3.03. The number of carbonyl (C=O) groups excluding carboxylic acids is 2. The van der Waals surface area contributed by atoms with Gasteiger partial charge in [0.05, 0.1) is 5.92 Å². The summed E-state index contributed by atoms with van der Waals surface area (Å²) >= 11 is 0. The molecule has 0 radical (unpaired) electrons. The Morgan fingerprint density at radius 3 is 2.67 bits per heavy atom. The second-order valence-electron chi connectivity index (χ2n) is 4.91. The van der Waals surface area contributed by atoms with Crippen molar-refractivity contribution in [1.82, 2.24) is 4.90 Å². The molecule has 1 unspecified atom stereocenters. The molecule has 1 aromatic rings. The van der Waals surface area contributed by atoms with E-state index in [2.05, 4.69) is 0 Å². The van der Waals surface area contributed by atoms with E-state index in [1.165, 1.54) is 9.80 Å². The lowest BCUT2D eigenvalue weighted by Gasteiger charge is -2.31. The first-order valence-corrected chi connectivity index (χ1v) is 6.55. The Morgan fingerprint density at radius 2 is 2.05 bits per heavy atom. The first kappa shape index (κ1) is 15.0. The van der Waals surface area contributed by atoms with E-state index in [-0.39, 0.29) is 6.54 Å². The van der Waals surface area contributed by atoms with Crippen LogP contribution in [0.3, 0.4) is 0 Å². The zero-order valence-electron chi connectivity index (χ0n) is 11.7. The molecule has 0 aliphatic carbocycles. The van der Waals surface area contributed by atoms with E-state index in [1.807, 2.05) is 0 Å². The lowest BCUT2D eigenvalue weighted by molar-refractivity contribution is -0.145. The van der Waals surface area contributed by atoms with Gasteiger partial charge in [-0.05, 0) is 17.7 Å². The molecule has 1 saturated heterocycles. The van der Waals surface area contributed by atoms with Gasteiger partial charge in [-0.2, -0.15) is 0 Å². The van der Waals surface area contributed by atoms with Gasteiger partial charge >= 0.3 is 17.8 Å². The summed E-state index contributed by atoms with van der Waals surface area (Å²) in [5, 5.41) is 9.14. The fraction of sp³-hybridized carbons (Fsp3) is 0.357. The minimum absolute atomic E-state index is 0.0333. The van der Waals surface area contributed by atoms with Gasteiger partial charge in [-0.1, -0.05) is 12.1 Å². The fourth-order valence-electron chi connectivity index (χ4n) is 2.27. The van der Waals surface area contributed by atoms with Crippen molar-refractivity contribution in [2.75, 3.05) is 31.6 Å². The maximum Gasteiger partial charge on any atom is 0.316 e. The Morgan fingerprint density at radius 1 is 1.33 bits per heavy atom. The van der Waals surface area contributed by atoms with Crippen LogP contribution in [0.4, 0.5) is 5.69 Å². The van der Waals surface area contributed by atoms with Crippen LogP contribution in [-0.4, -0.2) is 54.5 Å². The molecule has 1 heterocycles. The highest BCUT2D eigenvalue weighted by atomic mass is 16.4. The first-order chi connectivity index (χ1) is 9.95. The van der Waals surface area contributed by atoms with Crippen molar-refractivity contribution < 1.29 is 19.5 Å². The summed E-state index contributed by atoms with van der Waals surface area (Å²) in [6.07, 6.45) is 0. The number of nitrogens with zero attached hydrogens (tertiary/aromatic N) is 2. The summed E-state index contributed by atoms with van der Waals surface area (Å²) in [6, 6.07) is 6.58. The summed E-state index contributed by atoms with van der Waals surface area (Å²) < 4.78 is 0. The van der Waals surface area contributed by atoms with Crippen LogP contribution in [0.15, 0.2) is 24.3 Å². The molecule has 7 nitrogen and oxygen atoms in total. The fourth-order valence-corrected chi connectivity index (χ4v) is 2.27. The molecule has 1 aliphatic rings. The Balaban J connectivity index is 2.31. The van der Waals surface area contributed by atoms with Gasteiger partial charge in [0.25, 0.3) is 0 Å². The van der Waals surface area contributed by atoms with E-state index in [1.54, 1.807) is 31.3 Å². The van der Waals surface area contributed by atoms with Crippen LogP contribution < -0.4 is 10.6 Å². The van der Waals surface area contributed by atoms with Crippen LogP contribution in [0.1, 0.15) is 11.5 Å². The molecule has 1 aromatic carbocycles. The molecule has 2 amide bonds. The van der Waals surface area contributed by atoms with E-state index in [0.717, 1.165) is 0 Å². The number of aliphatic carboxylic acids is 1. The second-order valence-corrected chi connectivity index (χ2v) is 4.91. The maximum absolute atomic E-state index is 12.0. The minimum atomic E-state index is -1.02. The standard InChI is InChI=1S/C14H17N3O4/c1-16-5-6-17(13(19)12(16)18)10-4-2-3-9(7-10)11(8-15)14(20)21/h2-4,7,11H,5-6,8,15H2,1H3,(H,20,21). The zero-order chi connectivity index (χ0) is 15.6. The first-order valence-electron chi connectivity index (χ1n) is 6.55. The number of piperazine rings is 1. The summed E-state index contributed by atoms with van der Waals surface area (Å²) in [4.78, 5) is 37.6. The number of nitrogens with two attached hydrogens (primary N) is 1. The van der Waals surface area contributed by atoms with Crippen LogP contribution >= 0.6 is 0 Å². The van der Waals surface area contributed by atoms with Gasteiger partial charge in [0, 0.05) is 32.4 Å². The zero-order valence-corrected chi connectivity index (χ0v) is 11.7. The molecule has 3 N–H and O–H groups in total. The van der Waals surface area contributed by atoms with Gasteiger partial charge < -0.3 is 20.6 Å². The highest BCUT2D eigenvalue weighted by Gasteiger charge is 2.31. The lowest BCUT2D eigenvalue weighted by Crippen LogP contribution is -2.53. The molecule has 1 atom stereocenters. The Bertz CT molecular complexity index is 587. The molecule has 2 rings (SSSR count). The van der Waals surface area contributed by atoms with Gasteiger partial charge in [0.15, 0.2) is 0 Å². The summed E-state index contributed by atoms with van der Waals surface area (Å²) in [7, 11) is 1.57. The molecular weight excluding hydrogens is 274 g/mol. The van der Waals surface area contributed by atoms with Crippen LogP contribution in [0.5, 0.6) is 0 Å². The maximum atomic E-state index is 12.0. The van der Waals surface area contributed by atoms with E-state index in [0.29, 0.717) is 24.3 Å². The molecule has 21 heavy (non-hydrogen) atoms. The SMILES string of the molecule is CN1CCN(c2cccc(C(CN)C(=O)O)c2)C(=O)C1=O. The number of carboxylic acid groups (broad SMARTS) is 1. The Hall–Kier alpha value is -2.41. The van der Waals surface area contributed by atoms with Gasteiger partial charge in [-0.3, -0.25) is 14.4 Å². The third-order valence-electron chi connectivity index (χ3n) is 3.55. The number of hydrogen-bond acceptors (Lipinski definition) is 4. The largest absolute Gasteiger partial charge is 0.481 e. The Kier molecular flexibility index (Phi) is 4.23. The average Bonchev–Trinajstić information content (AvgIpc) is 2.45.